The number of aromatic nitrogens is 3. The first-order valence-electron chi connectivity index (χ1n) is 14.1. The highest BCUT2D eigenvalue weighted by Gasteiger charge is 2.33. The summed E-state index contributed by atoms with van der Waals surface area (Å²) < 4.78 is 46.5. The zero-order valence-corrected chi connectivity index (χ0v) is 25.3. The van der Waals surface area contributed by atoms with Gasteiger partial charge in [0.05, 0.1) is 32.3 Å². The number of carbonyl (C=O) groups excluding carboxylic acids is 2. The molecule has 0 bridgehead atoms. The third kappa shape index (κ3) is 6.07. The molecule has 10 nitrogen and oxygen atoms in total. The second-order valence-corrected chi connectivity index (χ2v) is 11.7. The molecule has 1 aliphatic heterocycles. The van der Waals surface area contributed by atoms with Crippen LogP contribution in [0, 0.1) is 6.92 Å². The van der Waals surface area contributed by atoms with E-state index in [0.717, 1.165) is 27.6 Å². The van der Waals surface area contributed by atoms with Crippen LogP contribution in [0.2, 0.25) is 0 Å². The molecule has 3 aromatic heterocycles. The Hall–Kier alpha value is -4.03. The van der Waals surface area contributed by atoms with Crippen molar-refractivity contribution in [1.82, 2.24) is 23.8 Å². The first-order chi connectivity index (χ1) is 20.4. The summed E-state index contributed by atoms with van der Waals surface area (Å²) in [5.74, 6) is 0.156. The fraction of sp³-hybridized carbons (Fsp3) is 0.452. The number of aryl methyl sites for hydroxylation is 1. The number of esters is 1. The van der Waals surface area contributed by atoms with Crippen molar-refractivity contribution < 1.29 is 32.6 Å². The number of methoxy groups -OCH3 is 2. The summed E-state index contributed by atoms with van der Waals surface area (Å²) >= 11 is 0. The molecule has 4 heterocycles. The molecule has 1 fully saturated rings. The molecular weight excluding hydrogens is 560 g/mol. The smallest absolute Gasteiger partial charge is 0.419 e. The maximum absolute atomic E-state index is 13.5. The van der Waals surface area contributed by atoms with Gasteiger partial charge in [-0.25, -0.2) is 23.4 Å². The minimum Gasteiger partial charge on any atom is -0.496 e. The molecule has 1 unspecified atom stereocenters. The maximum atomic E-state index is 13.5. The van der Waals surface area contributed by atoms with Crippen LogP contribution in [-0.2, 0) is 16.0 Å². The van der Waals surface area contributed by atoms with Crippen molar-refractivity contribution in [3.63, 3.8) is 0 Å². The molecule has 230 valence electrons. The van der Waals surface area contributed by atoms with E-state index < -0.39 is 24.1 Å². The largest absolute Gasteiger partial charge is 0.496 e. The predicted octanol–water partition coefficient (Wildman–Crippen LogP) is 5.30. The third-order valence-electron chi connectivity index (χ3n) is 7.71. The first kappa shape index (κ1) is 30.4. The van der Waals surface area contributed by atoms with Gasteiger partial charge in [0.15, 0.2) is 0 Å². The molecule has 43 heavy (non-hydrogen) atoms. The van der Waals surface area contributed by atoms with Crippen molar-refractivity contribution in [2.24, 2.45) is 0 Å². The third-order valence-corrected chi connectivity index (χ3v) is 7.71. The molecule has 0 amide bonds. The van der Waals surface area contributed by atoms with Gasteiger partial charge >= 0.3 is 12.1 Å². The van der Waals surface area contributed by atoms with E-state index in [9.17, 15) is 18.4 Å². The van der Waals surface area contributed by atoms with Crippen LogP contribution in [-0.4, -0.2) is 88.2 Å². The fourth-order valence-electron chi connectivity index (χ4n) is 5.86. The summed E-state index contributed by atoms with van der Waals surface area (Å²) in [5.41, 5.74) is 3.43. The van der Waals surface area contributed by atoms with Crippen LogP contribution < -0.4 is 4.74 Å². The Morgan fingerprint density at radius 3 is 2.56 bits per heavy atom. The van der Waals surface area contributed by atoms with E-state index in [1.807, 2.05) is 45.9 Å². The number of hydrogen-bond donors (Lipinski definition) is 0. The summed E-state index contributed by atoms with van der Waals surface area (Å²) in [5, 5.41) is 0.837. The number of piperazine rings is 1. The van der Waals surface area contributed by atoms with Crippen molar-refractivity contribution in [2.45, 2.75) is 52.3 Å². The summed E-state index contributed by atoms with van der Waals surface area (Å²) in [6.45, 7) is 8.72. The van der Waals surface area contributed by atoms with Gasteiger partial charge in [-0.15, -0.1) is 0 Å². The Balaban J connectivity index is 1.59. The lowest BCUT2D eigenvalue weighted by Gasteiger charge is -2.42. The quantitative estimate of drug-likeness (QED) is 0.265. The van der Waals surface area contributed by atoms with Crippen LogP contribution >= 0.6 is 0 Å². The first-order valence-corrected chi connectivity index (χ1v) is 14.1. The lowest BCUT2D eigenvalue weighted by atomic mass is 9.99. The lowest BCUT2D eigenvalue weighted by Crippen LogP contribution is -2.49. The van der Waals surface area contributed by atoms with Crippen molar-refractivity contribution in [2.75, 3.05) is 40.4 Å². The second kappa shape index (κ2) is 11.9. The predicted molar refractivity (Wildman–Crippen MR) is 157 cm³/mol. The highest BCUT2D eigenvalue weighted by molar-refractivity contribution is 5.95. The van der Waals surface area contributed by atoms with Gasteiger partial charge in [-0.2, -0.15) is 0 Å². The molecule has 0 radical (unpaired) electrons. The number of halogens is 2. The number of imidazole rings is 1. The van der Waals surface area contributed by atoms with Gasteiger partial charge in [0, 0.05) is 61.3 Å². The number of pyridine rings is 1. The molecule has 0 saturated carbocycles. The van der Waals surface area contributed by atoms with E-state index in [1.165, 1.54) is 11.7 Å². The molecule has 0 spiro atoms. The fourth-order valence-corrected chi connectivity index (χ4v) is 5.86. The Labute approximate surface area is 248 Å². The van der Waals surface area contributed by atoms with Gasteiger partial charge < -0.3 is 14.2 Å². The SMILES string of the molecule is COC(=O)c1ccc(C2CN(CC(F)F)CCN2Cc2c(OC)cc(C)c3c2ccn3C(=O)OC(C)(C)C)c2nccn12. The van der Waals surface area contributed by atoms with Crippen LogP contribution in [0.1, 0.15) is 54.0 Å². The Morgan fingerprint density at radius 2 is 1.88 bits per heavy atom. The normalized spacial score (nSPS) is 16.7. The van der Waals surface area contributed by atoms with E-state index in [0.29, 0.717) is 43.3 Å². The zero-order valence-electron chi connectivity index (χ0n) is 25.3. The molecule has 1 atom stereocenters. The van der Waals surface area contributed by atoms with Crippen LogP contribution in [0.15, 0.2) is 42.9 Å². The maximum Gasteiger partial charge on any atom is 0.419 e. The van der Waals surface area contributed by atoms with E-state index in [1.54, 1.807) is 41.1 Å². The summed E-state index contributed by atoms with van der Waals surface area (Å²) in [7, 11) is 2.92. The van der Waals surface area contributed by atoms with E-state index in [-0.39, 0.29) is 12.6 Å². The number of hydrogen-bond acceptors (Lipinski definition) is 8. The molecule has 0 aliphatic carbocycles. The van der Waals surface area contributed by atoms with Crippen molar-refractivity contribution in [1.29, 1.82) is 0 Å². The molecule has 4 aromatic rings. The number of carbonyl (C=O) groups is 2. The number of rotatable bonds is 7. The number of fused-ring (bicyclic) bond motifs is 2. The summed E-state index contributed by atoms with van der Waals surface area (Å²) in [4.78, 5) is 34.0. The Kier molecular flexibility index (Phi) is 8.44. The topological polar surface area (TPSA) is 90.5 Å². The Bertz CT molecular complexity index is 1660. The zero-order chi connectivity index (χ0) is 31.1. The van der Waals surface area contributed by atoms with Crippen molar-refractivity contribution >= 4 is 28.6 Å². The van der Waals surface area contributed by atoms with Crippen LogP contribution in [0.4, 0.5) is 13.6 Å². The average molecular weight is 598 g/mol. The molecule has 1 saturated heterocycles. The van der Waals surface area contributed by atoms with Gasteiger partial charge in [-0.05, 0) is 51.5 Å². The highest BCUT2D eigenvalue weighted by atomic mass is 19.3. The van der Waals surface area contributed by atoms with Crippen molar-refractivity contribution in [3.8, 4) is 5.75 Å². The summed E-state index contributed by atoms with van der Waals surface area (Å²) in [6, 6.07) is 6.94. The monoisotopic (exact) mass is 597 g/mol. The van der Waals surface area contributed by atoms with Gasteiger partial charge in [-0.1, -0.05) is 6.07 Å². The molecule has 12 heteroatoms. The molecule has 1 aromatic carbocycles. The van der Waals surface area contributed by atoms with Crippen LogP contribution in [0.3, 0.4) is 0 Å². The van der Waals surface area contributed by atoms with Gasteiger partial charge in [-0.3, -0.25) is 18.8 Å². The van der Waals surface area contributed by atoms with Crippen LogP contribution in [0.5, 0.6) is 5.75 Å². The molecule has 0 N–H and O–H groups in total. The van der Waals surface area contributed by atoms with Crippen molar-refractivity contribution in [3.05, 3.63) is 65.2 Å². The van der Waals surface area contributed by atoms with E-state index >= 15 is 0 Å². The summed E-state index contributed by atoms with van der Waals surface area (Å²) in [6.07, 6.45) is 2.03. The second-order valence-electron chi connectivity index (χ2n) is 11.7. The number of nitrogens with zero attached hydrogens (tertiary/aromatic N) is 5. The molecule has 5 rings (SSSR count). The Morgan fingerprint density at radius 1 is 1.12 bits per heavy atom. The minimum atomic E-state index is -2.47. The number of alkyl halides is 2. The van der Waals surface area contributed by atoms with E-state index in [2.05, 4.69) is 9.88 Å². The highest BCUT2D eigenvalue weighted by Crippen LogP contribution is 2.37. The molecular formula is C31H37F2N5O5. The number of benzene rings is 1. The minimum absolute atomic E-state index is 0.316. The lowest BCUT2D eigenvalue weighted by molar-refractivity contribution is 0.0248. The van der Waals surface area contributed by atoms with Crippen LogP contribution in [0.25, 0.3) is 16.6 Å². The standard InChI is InChI=1S/C31H37F2N5O5/c1-19-15-25(41-5)22(20-9-11-38(27(19)20)30(40)43-31(2,3)4)16-36-14-13-35(18-26(32)33)17-24(36)21-7-8-23(29(39)42-6)37-12-10-34-28(21)37/h7-12,15,24,26H,13-14,16-18H2,1-6H3. The molecule has 1 aliphatic rings. The van der Waals surface area contributed by atoms with Gasteiger partial charge in [0.1, 0.15) is 22.7 Å². The average Bonchev–Trinajstić information content (AvgIpc) is 3.61. The van der Waals surface area contributed by atoms with Gasteiger partial charge in [0.2, 0.25) is 0 Å². The number of ether oxygens (including phenoxy) is 3. The van der Waals surface area contributed by atoms with E-state index in [4.69, 9.17) is 14.2 Å². The van der Waals surface area contributed by atoms with Gasteiger partial charge in [0.25, 0.3) is 6.43 Å².